The van der Waals surface area contributed by atoms with Crippen molar-refractivity contribution in [2.24, 2.45) is 0 Å². The van der Waals surface area contributed by atoms with Crippen LogP contribution in [-0.2, 0) is 28.6 Å². The van der Waals surface area contributed by atoms with Crippen LogP contribution in [0, 0.1) is 0 Å². The maximum Gasteiger partial charge on any atom is 0.306 e. The Labute approximate surface area is 385 Å². The molecule has 0 aromatic carbocycles. The van der Waals surface area contributed by atoms with Gasteiger partial charge in [-0.05, 0) is 77.0 Å². The number of unbranched alkanes of at least 4 members (excludes halogenated alkanes) is 31. The Morgan fingerprint density at radius 1 is 0.377 bits per heavy atom. The molecule has 0 bridgehead atoms. The summed E-state index contributed by atoms with van der Waals surface area (Å²) in [6.45, 7) is -0.247. The van der Waals surface area contributed by atoms with Gasteiger partial charge in [-0.2, -0.15) is 0 Å². The first kappa shape index (κ1) is 49.6. The Morgan fingerprint density at radius 3 is 1.00 bits per heavy atom. The predicted octanol–water partition coefficient (Wildman–Crippen LogP) is 17.3. The molecule has 0 N–H and O–H groups in total. The van der Waals surface area contributed by atoms with E-state index >= 15 is 0 Å². The molecule has 0 aromatic rings. The zero-order valence-electron chi connectivity index (χ0n) is 45.2. The Bertz CT molecular complexity index is 1250. The molecule has 0 heterocycles. The summed E-state index contributed by atoms with van der Waals surface area (Å²) >= 11 is 0. The fourth-order valence-electron chi connectivity index (χ4n) is 7.24. The Hall–Kier alpha value is -2.37. The van der Waals surface area contributed by atoms with E-state index in [-0.39, 0.29) is 19.3 Å². The first-order valence-corrected chi connectivity index (χ1v) is 26.0. The molecule has 0 aromatic heterocycles. The lowest BCUT2D eigenvalue weighted by atomic mass is 10.0. The maximum atomic E-state index is 13.1. The fourth-order valence-corrected chi connectivity index (χ4v) is 7.24. The van der Waals surface area contributed by atoms with Crippen molar-refractivity contribution in [3.05, 3.63) is 36.5 Å². The molecule has 0 radical (unpaired) electrons. The van der Waals surface area contributed by atoms with E-state index < -0.39 is 37.1 Å². The second-order valence-corrected chi connectivity index (χ2v) is 17.3. The van der Waals surface area contributed by atoms with E-state index in [0.717, 1.165) is 103 Å². The predicted molar refractivity (Wildman–Crippen MR) is 261 cm³/mol. The number of esters is 3. The van der Waals surface area contributed by atoms with Crippen LogP contribution in [0.3, 0.4) is 0 Å². The van der Waals surface area contributed by atoms with Crippen LogP contribution in [0.1, 0.15) is 284 Å². The van der Waals surface area contributed by atoms with Crippen molar-refractivity contribution < 1.29 is 35.4 Å². The number of carbonyl (C=O) groups is 3. The number of hydrogen-bond acceptors (Lipinski definition) is 6. The van der Waals surface area contributed by atoms with E-state index in [1.54, 1.807) is 0 Å². The molecule has 356 valence electrons. The molecule has 0 aliphatic rings. The third-order valence-electron chi connectivity index (χ3n) is 11.2. The van der Waals surface area contributed by atoms with Gasteiger partial charge >= 0.3 is 17.9 Å². The van der Waals surface area contributed by atoms with Crippen LogP contribution >= 0.6 is 0 Å². The minimum absolute atomic E-state index is 0.133. The maximum absolute atomic E-state index is 13.1. The molecule has 61 heavy (non-hydrogen) atoms. The summed E-state index contributed by atoms with van der Waals surface area (Å²) in [5.74, 6) is -2.97. The molecule has 1 unspecified atom stereocenters. The van der Waals surface area contributed by atoms with E-state index in [0.29, 0.717) is 25.7 Å². The highest BCUT2D eigenvalue weighted by Crippen LogP contribution is 2.15. The highest BCUT2D eigenvalue weighted by atomic mass is 16.6. The van der Waals surface area contributed by atoms with Crippen LogP contribution in [0.5, 0.6) is 0 Å². The molecule has 6 heteroatoms. The summed E-state index contributed by atoms with van der Waals surface area (Å²) in [5.41, 5.74) is 0. The van der Waals surface area contributed by atoms with Crippen molar-refractivity contribution >= 4 is 17.9 Å². The lowest BCUT2D eigenvalue weighted by Gasteiger charge is -2.18. The number of ether oxygens (including phenoxy) is 3. The van der Waals surface area contributed by atoms with E-state index in [2.05, 4.69) is 57.2 Å². The number of allylic oxidation sites excluding steroid dienone is 6. The molecule has 0 saturated heterocycles. The molecular formula is C55H100O6. The first-order chi connectivity index (χ1) is 31.9. The largest absolute Gasteiger partial charge is 0.462 e. The first-order valence-electron chi connectivity index (χ1n) is 28.5. The van der Waals surface area contributed by atoms with Crippen molar-refractivity contribution in [1.82, 2.24) is 0 Å². The van der Waals surface area contributed by atoms with Gasteiger partial charge in [-0.3, -0.25) is 14.4 Å². The van der Waals surface area contributed by atoms with Gasteiger partial charge in [0.15, 0.2) is 6.08 Å². The van der Waals surface area contributed by atoms with Crippen LogP contribution in [0.25, 0.3) is 0 Å². The average Bonchev–Trinajstić information content (AvgIpc) is 3.27. The summed E-state index contributed by atoms with van der Waals surface area (Å²) in [7, 11) is 0. The Kier molecular flexibility index (Phi) is 40.9. The second-order valence-electron chi connectivity index (χ2n) is 17.3. The molecule has 0 aliphatic heterocycles. The van der Waals surface area contributed by atoms with E-state index in [4.69, 9.17) is 21.1 Å². The standard InChI is InChI=1S/C55H100O6/c1-4-7-10-13-16-19-22-25-27-30-33-36-39-42-45-48-54(57)60-51-52(50-59-53(56)47-44-41-38-35-32-29-24-21-18-15-12-9-6-3)61-55(58)49-46-43-40-37-34-31-28-26-23-20-17-14-11-8-5-2/h17,20,25-28,52H,4-16,18-19,21-24,29-51H2,1-3H3/b20-17-,27-25-,28-26-/i50D2,51D2,52D. The van der Waals surface area contributed by atoms with Crippen molar-refractivity contribution in [2.45, 2.75) is 284 Å². The summed E-state index contributed by atoms with van der Waals surface area (Å²) in [4.78, 5) is 39.0. The molecule has 0 spiro atoms. The topological polar surface area (TPSA) is 78.9 Å². The van der Waals surface area contributed by atoms with Crippen molar-refractivity contribution in [3.63, 3.8) is 0 Å². The van der Waals surface area contributed by atoms with E-state index in [9.17, 15) is 14.4 Å². The Balaban J connectivity index is 5.05. The van der Waals surface area contributed by atoms with Gasteiger partial charge in [0.2, 0.25) is 0 Å². The number of carbonyl (C=O) groups excluding carboxylic acids is 3. The van der Waals surface area contributed by atoms with Gasteiger partial charge < -0.3 is 14.2 Å². The lowest BCUT2D eigenvalue weighted by molar-refractivity contribution is -0.167. The van der Waals surface area contributed by atoms with Gasteiger partial charge in [-0.1, -0.05) is 218 Å². The number of rotatable bonds is 48. The minimum atomic E-state index is -3.50. The van der Waals surface area contributed by atoms with Crippen molar-refractivity contribution in [1.29, 1.82) is 0 Å². The molecule has 1 atom stereocenters. The lowest BCUT2D eigenvalue weighted by Crippen LogP contribution is -2.30. The van der Waals surface area contributed by atoms with Gasteiger partial charge in [0.25, 0.3) is 0 Å². The van der Waals surface area contributed by atoms with Gasteiger partial charge in [0, 0.05) is 19.3 Å². The minimum Gasteiger partial charge on any atom is -0.462 e. The molecular weight excluding hydrogens is 757 g/mol. The number of hydrogen-bond donors (Lipinski definition) is 0. The van der Waals surface area contributed by atoms with Crippen LogP contribution in [0.15, 0.2) is 36.5 Å². The van der Waals surface area contributed by atoms with Crippen LogP contribution < -0.4 is 0 Å². The third kappa shape index (κ3) is 48.5. The quantitative estimate of drug-likeness (QED) is 0.0262. The zero-order valence-corrected chi connectivity index (χ0v) is 40.2. The molecule has 0 aliphatic carbocycles. The van der Waals surface area contributed by atoms with Crippen LogP contribution in [-0.4, -0.2) is 37.1 Å². The van der Waals surface area contributed by atoms with E-state index in [1.165, 1.54) is 109 Å². The average molecular weight is 862 g/mol. The van der Waals surface area contributed by atoms with Gasteiger partial charge in [-0.25, -0.2) is 0 Å². The molecule has 0 rings (SSSR count). The smallest absolute Gasteiger partial charge is 0.306 e. The molecule has 0 fully saturated rings. The third-order valence-corrected chi connectivity index (χ3v) is 11.2. The molecule has 0 saturated carbocycles. The van der Waals surface area contributed by atoms with Crippen LogP contribution in [0.4, 0.5) is 0 Å². The Morgan fingerprint density at radius 2 is 0.639 bits per heavy atom. The van der Waals surface area contributed by atoms with Crippen molar-refractivity contribution in [2.75, 3.05) is 13.1 Å². The summed E-state index contributed by atoms with van der Waals surface area (Å²) < 4.78 is 58.8. The van der Waals surface area contributed by atoms with Gasteiger partial charge in [0.1, 0.15) is 13.1 Å². The zero-order chi connectivity index (χ0) is 48.9. The van der Waals surface area contributed by atoms with Crippen molar-refractivity contribution in [3.8, 4) is 0 Å². The van der Waals surface area contributed by atoms with Gasteiger partial charge in [-0.15, -0.1) is 0 Å². The summed E-state index contributed by atoms with van der Waals surface area (Å²) in [6.07, 6.45) is 48.7. The van der Waals surface area contributed by atoms with Gasteiger partial charge in [0.05, 0.1) is 6.85 Å². The SMILES string of the molecule is [2H]C([2H])(OC(=O)CCCCCCC/C=C\CCCCCCCC)C([2H])(OC(=O)CCCCCCC/C=C\C/C=C\CCCCC)C([2H])([2H])OC(=O)CCCCCCCCCCCCCCC. The fraction of sp³-hybridized carbons (Fsp3) is 0.836. The highest BCUT2D eigenvalue weighted by Gasteiger charge is 2.19. The second kappa shape index (κ2) is 50.3. The molecule has 0 amide bonds. The summed E-state index contributed by atoms with van der Waals surface area (Å²) in [5, 5.41) is 0. The monoisotopic (exact) mass is 862 g/mol. The summed E-state index contributed by atoms with van der Waals surface area (Å²) in [6, 6.07) is 0. The van der Waals surface area contributed by atoms with Crippen LogP contribution in [0.2, 0.25) is 0 Å². The van der Waals surface area contributed by atoms with E-state index in [1.807, 2.05) is 0 Å². The normalized spacial score (nSPS) is 14.4. The highest BCUT2D eigenvalue weighted by molar-refractivity contribution is 5.71. The molecule has 6 nitrogen and oxygen atoms in total.